The third kappa shape index (κ3) is 5.06. The van der Waals surface area contributed by atoms with Crippen LogP contribution < -0.4 is 15.0 Å². The van der Waals surface area contributed by atoms with Crippen molar-refractivity contribution in [2.45, 2.75) is 6.42 Å². The largest absolute Gasteiger partial charge is 0.495 e. The highest BCUT2D eigenvalue weighted by Crippen LogP contribution is 2.28. The molecule has 0 amide bonds. The number of anilines is 1. The minimum atomic E-state index is 0. The topological polar surface area (TPSA) is 53.2 Å². The van der Waals surface area contributed by atoms with Gasteiger partial charge in [0.25, 0.3) is 0 Å². The number of guanidine groups is 1. The van der Waals surface area contributed by atoms with Gasteiger partial charge in [-0.2, -0.15) is 0 Å². The van der Waals surface area contributed by atoms with E-state index in [9.17, 15) is 0 Å². The number of methoxy groups -OCH3 is 1. The Labute approximate surface area is 172 Å². The molecule has 1 N–H and O–H groups in total. The van der Waals surface area contributed by atoms with E-state index in [0.717, 1.165) is 62.3 Å². The zero-order chi connectivity index (χ0) is 17.5. The van der Waals surface area contributed by atoms with E-state index in [4.69, 9.17) is 9.15 Å². The molecule has 0 bridgehead atoms. The van der Waals surface area contributed by atoms with Crippen molar-refractivity contribution in [2.24, 2.45) is 4.99 Å². The molecule has 2 heterocycles. The van der Waals surface area contributed by atoms with Crippen molar-refractivity contribution in [3.63, 3.8) is 0 Å². The molecule has 3 rings (SSSR count). The Morgan fingerprint density at radius 3 is 2.58 bits per heavy atom. The normalized spacial score (nSPS) is 14.8. The molecule has 1 aromatic carbocycles. The van der Waals surface area contributed by atoms with Gasteiger partial charge in [-0.1, -0.05) is 12.1 Å². The van der Waals surface area contributed by atoms with E-state index in [2.05, 4.69) is 32.2 Å². The predicted octanol–water partition coefficient (Wildman–Crippen LogP) is 2.85. The Hall–Kier alpha value is -1.90. The van der Waals surface area contributed by atoms with Crippen molar-refractivity contribution >= 4 is 35.6 Å². The number of ether oxygens (including phenoxy) is 1. The van der Waals surface area contributed by atoms with E-state index in [-0.39, 0.29) is 24.0 Å². The van der Waals surface area contributed by atoms with Crippen LogP contribution >= 0.6 is 24.0 Å². The van der Waals surface area contributed by atoms with Crippen LogP contribution in [0.4, 0.5) is 5.69 Å². The standard InChI is InChI=1S/C19H26N4O2.HI/c1-20-19(21-10-9-16-6-5-15-25-16)23-13-11-22(12-14-23)17-7-3-4-8-18(17)24-2;/h3-8,15H,9-14H2,1-2H3,(H,20,21);1H. The third-order valence-corrected chi connectivity index (χ3v) is 4.45. The van der Waals surface area contributed by atoms with E-state index in [1.54, 1.807) is 13.4 Å². The zero-order valence-electron chi connectivity index (χ0n) is 15.4. The van der Waals surface area contributed by atoms with Crippen molar-refractivity contribution in [3.05, 3.63) is 48.4 Å². The van der Waals surface area contributed by atoms with Gasteiger partial charge in [-0.05, 0) is 24.3 Å². The molecule has 1 fully saturated rings. The number of nitrogens with one attached hydrogen (secondary N) is 1. The summed E-state index contributed by atoms with van der Waals surface area (Å²) < 4.78 is 10.8. The Balaban J connectivity index is 0.00000243. The lowest BCUT2D eigenvalue weighted by Gasteiger charge is -2.38. The first kappa shape index (κ1) is 20.4. The molecule has 0 saturated carbocycles. The number of halogens is 1. The van der Waals surface area contributed by atoms with Crippen LogP contribution in [0.5, 0.6) is 5.75 Å². The lowest BCUT2D eigenvalue weighted by Crippen LogP contribution is -2.52. The molecular weight excluding hydrogens is 443 g/mol. The minimum absolute atomic E-state index is 0. The summed E-state index contributed by atoms with van der Waals surface area (Å²) in [5, 5.41) is 3.43. The van der Waals surface area contributed by atoms with Gasteiger partial charge >= 0.3 is 0 Å². The maximum absolute atomic E-state index is 5.48. The molecule has 0 radical (unpaired) electrons. The smallest absolute Gasteiger partial charge is 0.193 e. The second kappa shape index (κ2) is 10.3. The van der Waals surface area contributed by atoms with Gasteiger partial charge in [-0.25, -0.2) is 0 Å². The van der Waals surface area contributed by atoms with Crippen molar-refractivity contribution in [2.75, 3.05) is 51.8 Å². The molecule has 1 aromatic heterocycles. The van der Waals surface area contributed by atoms with Crippen molar-refractivity contribution in [1.29, 1.82) is 0 Å². The van der Waals surface area contributed by atoms with E-state index in [1.807, 2.05) is 31.3 Å². The molecule has 7 heteroatoms. The lowest BCUT2D eigenvalue weighted by atomic mass is 10.2. The number of nitrogens with zero attached hydrogens (tertiary/aromatic N) is 3. The number of hydrogen-bond acceptors (Lipinski definition) is 4. The van der Waals surface area contributed by atoms with E-state index in [1.165, 1.54) is 0 Å². The summed E-state index contributed by atoms with van der Waals surface area (Å²) in [6, 6.07) is 12.1. The number of hydrogen-bond donors (Lipinski definition) is 1. The fraction of sp³-hybridized carbons (Fsp3) is 0.421. The number of rotatable bonds is 5. The lowest BCUT2D eigenvalue weighted by molar-refractivity contribution is 0.367. The van der Waals surface area contributed by atoms with Crippen LogP contribution in [0.3, 0.4) is 0 Å². The molecule has 26 heavy (non-hydrogen) atoms. The Bertz CT molecular complexity index is 683. The Morgan fingerprint density at radius 2 is 1.92 bits per heavy atom. The summed E-state index contributed by atoms with van der Waals surface area (Å²) in [6.45, 7) is 4.56. The molecule has 0 spiro atoms. The number of furan rings is 1. The molecule has 2 aromatic rings. The third-order valence-electron chi connectivity index (χ3n) is 4.45. The molecular formula is C19H27IN4O2. The van der Waals surface area contributed by atoms with Crippen LogP contribution in [0.15, 0.2) is 52.1 Å². The highest BCUT2D eigenvalue weighted by Gasteiger charge is 2.21. The van der Waals surface area contributed by atoms with Gasteiger partial charge in [0, 0.05) is 46.2 Å². The maximum atomic E-state index is 5.48. The molecule has 0 unspecified atom stereocenters. The summed E-state index contributed by atoms with van der Waals surface area (Å²) in [7, 11) is 3.56. The SMILES string of the molecule is CN=C(NCCc1ccco1)N1CCN(c2ccccc2OC)CC1.I. The van der Waals surface area contributed by atoms with Crippen LogP contribution in [0, 0.1) is 0 Å². The highest BCUT2D eigenvalue weighted by atomic mass is 127. The van der Waals surface area contributed by atoms with Crippen LogP contribution in [0.1, 0.15) is 5.76 Å². The van der Waals surface area contributed by atoms with Gasteiger partial charge in [-0.3, -0.25) is 4.99 Å². The fourth-order valence-electron chi connectivity index (χ4n) is 3.13. The molecule has 1 aliphatic heterocycles. The van der Waals surface area contributed by atoms with E-state index in [0.29, 0.717) is 0 Å². The second-order valence-corrected chi connectivity index (χ2v) is 5.95. The molecule has 142 valence electrons. The summed E-state index contributed by atoms with van der Waals surface area (Å²) in [4.78, 5) is 9.09. The average molecular weight is 470 g/mol. The van der Waals surface area contributed by atoms with Crippen LogP contribution in [0.25, 0.3) is 0 Å². The van der Waals surface area contributed by atoms with Crippen molar-refractivity contribution < 1.29 is 9.15 Å². The predicted molar refractivity (Wildman–Crippen MR) is 116 cm³/mol. The Morgan fingerprint density at radius 1 is 1.15 bits per heavy atom. The molecule has 1 aliphatic rings. The van der Waals surface area contributed by atoms with Gasteiger partial charge < -0.3 is 24.3 Å². The monoisotopic (exact) mass is 470 g/mol. The maximum Gasteiger partial charge on any atom is 0.193 e. The number of para-hydroxylation sites is 2. The minimum Gasteiger partial charge on any atom is -0.495 e. The first-order valence-electron chi connectivity index (χ1n) is 8.67. The van der Waals surface area contributed by atoms with Crippen LogP contribution in [-0.4, -0.2) is 57.7 Å². The van der Waals surface area contributed by atoms with Crippen molar-refractivity contribution in [3.8, 4) is 5.75 Å². The van der Waals surface area contributed by atoms with Gasteiger partial charge in [0.05, 0.1) is 19.1 Å². The average Bonchev–Trinajstić information content (AvgIpc) is 3.19. The van der Waals surface area contributed by atoms with Crippen LogP contribution in [0.2, 0.25) is 0 Å². The first-order valence-corrected chi connectivity index (χ1v) is 8.67. The first-order chi connectivity index (χ1) is 12.3. The van der Waals surface area contributed by atoms with Gasteiger partial charge in [0.15, 0.2) is 5.96 Å². The summed E-state index contributed by atoms with van der Waals surface area (Å²) in [6.07, 6.45) is 2.56. The van der Waals surface area contributed by atoms with Crippen molar-refractivity contribution in [1.82, 2.24) is 10.2 Å². The summed E-state index contributed by atoms with van der Waals surface area (Å²) >= 11 is 0. The molecule has 0 aliphatic carbocycles. The molecule has 1 saturated heterocycles. The molecule has 6 nitrogen and oxygen atoms in total. The second-order valence-electron chi connectivity index (χ2n) is 5.95. The quantitative estimate of drug-likeness (QED) is 0.414. The summed E-state index contributed by atoms with van der Waals surface area (Å²) in [5.41, 5.74) is 1.16. The van der Waals surface area contributed by atoms with Gasteiger partial charge in [-0.15, -0.1) is 24.0 Å². The molecule has 0 atom stereocenters. The number of benzene rings is 1. The summed E-state index contributed by atoms with van der Waals surface area (Å²) in [5.74, 6) is 2.87. The van der Waals surface area contributed by atoms with Crippen LogP contribution in [-0.2, 0) is 6.42 Å². The Kier molecular flexibility index (Phi) is 8.08. The number of aliphatic imine (C=N–C) groups is 1. The van der Waals surface area contributed by atoms with E-state index < -0.39 is 0 Å². The number of piperazine rings is 1. The highest BCUT2D eigenvalue weighted by molar-refractivity contribution is 14.0. The zero-order valence-corrected chi connectivity index (χ0v) is 17.7. The van der Waals surface area contributed by atoms with Gasteiger partial charge in [0.1, 0.15) is 11.5 Å². The fourth-order valence-corrected chi connectivity index (χ4v) is 3.13. The van der Waals surface area contributed by atoms with E-state index >= 15 is 0 Å². The van der Waals surface area contributed by atoms with Gasteiger partial charge in [0.2, 0.25) is 0 Å².